The maximum atomic E-state index is 12.2. The van der Waals surface area contributed by atoms with Gasteiger partial charge in [0, 0.05) is 36.8 Å². The van der Waals surface area contributed by atoms with Crippen molar-refractivity contribution in [2.75, 3.05) is 6.61 Å². The minimum atomic E-state index is -0.551. The third-order valence-corrected chi connectivity index (χ3v) is 5.48. The fourth-order valence-electron chi connectivity index (χ4n) is 5.13. The van der Waals surface area contributed by atoms with E-state index < -0.39 is 5.79 Å². The van der Waals surface area contributed by atoms with E-state index >= 15 is 0 Å². The fraction of sp³-hybridized carbons (Fsp3) is 0.947. The molecule has 2 aliphatic rings. The van der Waals surface area contributed by atoms with Crippen molar-refractivity contribution in [1.82, 2.24) is 4.90 Å². The van der Waals surface area contributed by atoms with Crippen molar-refractivity contribution in [2.24, 2.45) is 5.92 Å². The molecular weight excluding hydrogens is 290 g/mol. The van der Waals surface area contributed by atoms with Crippen molar-refractivity contribution in [2.45, 2.75) is 104 Å². The van der Waals surface area contributed by atoms with E-state index in [1.54, 1.807) is 6.92 Å². The zero-order valence-electron chi connectivity index (χ0n) is 16.1. The molecule has 2 saturated heterocycles. The number of hydrogen-bond donors (Lipinski definition) is 0. The van der Waals surface area contributed by atoms with Crippen LogP contribution in [-0.2, 0) is 14.3 Å². The molecule has 2 fully saturated rings. The molecule has 0 aromatic carbocycles. The third-order valence-electron chi connectivity index (χ3n) is 5.48. The summed E-state index contributed by atoms with van der Waals surface area (Å²) in [6.45, 7) is 15.4. The summed E-state index contributed by atoms with van der Waals surface area (Å²) in [5.74, 6) is 0.0598. The van der Waals surface area contributed by atoms with Gasteiger partial charge in [0.15, 0.2) is 5.79 Å². The summed E-state index contributed by atoms with van der Waals surface area (Å²) in [4.78, 5) is 14.2. The van der Waals surface area contributed by atoms with Crippen molar-refractivity contribution < 1.29 is 14.3 Å². The highest BCUT2D eigenvalue weighted by atomic mass is 16.7. The molecule has 23 heavy (non-hydrogen) atoms. The molecule has 2 heterocycles. The lowest BCUT2D eigenvalue weighted by molar-refractivity contribution is -0.347. The molecule has 2 unspecified atom stereocenters. The van der Waals surface area contributed by atoms with Crippen LogP contribution in [0.3, 0.4) is 0 Å². The maximum absolute atomic E-state index is 12.2. The Bertz CT molecular complexity index is 426. The summed E-state index contributed by atoms with van der Waals surface area (Å²) >= 11 is 0. The number of carbonyl (C=O) groups is 1. The van der Waals surface area contributed by atoms with Gasteiger partial charge in [0.1, 0.15) is 0 Å². The van der Waals surface area contributed by atoms with Gasteiger partial charge in [-0.3, -0.25) is 4.79 Å². The van der Waals surface area contributed by atoms with Gasteiger partial charge in [-0.25, -0.2) is 0 Å². The van der Waals surface area contributed by atoms with Gasteiger partial charge in [0.2, 0.25) is 5.91 Å². The highest BCUT2D eigenvalue weighted by Crippen LogP contribution is 2.49. The largest absolute Gasteiger partial charge is 0.349 e. The van der Waals surface area contributed by atoms with Crippen LogP contribution in [0.4, 0.5) is 0 Å². The van der Waals surface area contributed by atoms with Crippen LogP contribution < -0.4 is 0 Å². The lowest BCUT2D eigenvalue weighted by atomic mass is 9.75. The highest BCUT2D eigenvalue weighted by molar-refractivity contribution is 5.75. The minimum Gasteiger partial charge on any atom is -0.349 e. The zero-order valence-corrected chi connectivity index (χ0v) is 16.1. The summed E-state index contributed by atoms with van der Waals surface area (Å²) < 4.78 is 12.9. The lowest BCUT2D eigenvalue weighted by Crippen LogP contribution is -2.69. The topological polar surface area (TPSA) is 38.8 Å². The number of nitrogens with zero attached hydrogens (tertiary/aromatic N) is 1. The molecule has 1 spiro atoms. The molecule has 0 saturated carbocycles. The van der Waals surface area contributed by atoms with E-state index in [4.69, 9.17) is 9.47 Å². The van der Waals surface area contributed by atoms with Crippen LogP contribution in [0.5, 0.6) is 0 Å². The second kappa shape index (κ2) is 6.36. The van der Waals surface area contributed by atoms with E-state index in [9.17, 15) is 4.79 Å². The van der Waals surface area contributed by atoms with E-state index in [1.807, 2.05) is 4.90 Å². The zero-order chi connectivity index (χ0) is 17.5. The Kier molecular flexibility index (Phi) is 5.18. The van der Waals surface area contributed by atoms with E-state index in [-0.39, 0.29) is 23.1 Å². The van der Waals surface area contributed by atoms with Gasteiger partial charge in [-0.05, 0) is 40.5 Å². The van der Waals surface area contributed by atoms with E-state index in [0.29, 0.717) is 5.92 Å². The summed E-state index contributed by atoms with van der Waals surface area (Å²) in [7, 11) is 0. The van der Waals surface area contributed by atoms with Gasteiger partial charge < -0.3 is 14.4 Å². The average molecular weight is 325 g/mol. The summed E-state index contributed by atoms with van der Waals surface area (Å²) in [5.41, 5.74) is -0.549. The SMILES string of the molecule is CCCC1OC2(CC(C)(C)N(C(C)=O)C(C)(C)C2)OCC1CC. The average Bonchev–Trinajstić information content (AvgIpc) is 2.35. The van der Waals surface area contributed by atoms with Crippen LogP contribution in [-0.4, -0.2) is 40.4 Å². The molecule has 4 heteroatoms. The number of likely N-dealkylation sites (tertiary alicyclic amines) is 1. The maximum Gasteiger partial charge on any atom is 0.220 e. The molecule has 0 aromatic heterocycles. The molecule has 2 aliphatic heterocycles. The molecule has 134 valence electrons. The first-order valence-corrected chi connectivity index (χ1v) is 9.19. The first kappa shape index (κ1) is 18.7. The van der Waals surface area contributed by atoms with Crippen LogP contribution >= 0.6 is 0 Å². The predicted octanol–water partition coefficient (Wildman–Crippen LogP) is 4.12. The van der Waals surface area contributed by atoms with Gasteiger partial charge in [-0.2, -0.15) is 0 Å². The first-order chi connectivity index (χ1) is 10.6. The summed E-state index contributed by atoms with van der Waals surface area (Å²) in [6.07, 6.45) is 5.05. The van der Waals surface area contributed by atoms with E-state index in [2.05, 4.69) is 41.5 Å². The van der Waals surface area contributed by atoms with Crippen LogP contribution in [0.25, 0.3) is 0 Å². The monoisotopic (exact) mass is 325 g/mol. The predicted molar refractivity (Wildman–Crippen MR) is 92.2 cm³/mol. The molecule has 2 atom stereocenters. The molecule has 0 N–H and O–H groups in total. The molecule has 2 rings (SSSR count). The van der Waals surface area contributed by atoms with Gasteiger partial charge in [0.05, 0.1) is 12.7 Å². The smallest absolute Gasteiger partial charge is 0.220 e. The quantitative estimate of drug-likeness (QED) is 0.783. The standard InChI is InChI=1S/C19H35NO3/c1-8-10-16-15(9-2)11-22-19(23-16)12-17(4,5)20(14(3)21)18(6,7)13-19/h15-16H,8-13H2,1-7H3. The Labute approximate surface area is 141 Å². The van der Waals surface area contributed by atoms with Gasteiger partial charge >= 0.3 is 0 Å². The van der Waals surface area contributed by atoms with Gasteiger partial charge in [-0.1, -0.05) is 20.3 Å². The number of ether oxygens (including phenoxy) is 2. The fourth-order valence-corrected chi connectivity index (χ4v) is 5.13. The summed E-state index contributed by atoms with van der Waals surface area (Å²) in [6, 6.07) is 0. The van der Waals surface area contributed by atoms with E-state index in [0.717, 1.165) is 38.7 Å². The Balaban J connectivity index is 2.28. The Morgan fingerprint density at radius 2 is 1.70 bits per heavy atom. The molecule has 4 nitrogen and oxygen atoms in total. The number of carbonyl (C=O) groups excluding carboxylic acids is 1. The minimum absolute atomic E-state index is 0.127. The molecule has 0 bridgehead atoms. The number of rotatable bonds is 3. The highest BCUT2D eigenvalue weighted by Gasteiger charge is 2.57. The Morgan fingerprint density at radius 1 is 1.13 bits per heavy atom. The van der Waals surface area contributed by atoms with Crippen molar-refractivity contribution >= 4 is 5.91 Å². The second-order valence-electron chi connectivity index (χ2n) is 8.67. The number of hydrogen-bond acceptors (Lipinski definition) is 3. The molecular formula is C19H35NO3. The Morgan fingerprint density at radius 3 is 2.13 bits per heavy atom. The number of amides is 1. The molecule has 0 radical (unpaired) electrons. The van der Waals surface area contributed by atoms with E-state index in [1.165, 1.54) is 0 Å². The van der Waals surface area contributed by atoms with Gasteiger partial charge in [-0.15, -0.1) is 0 Å². The molecule has 1 amide bonds. The first-order valence-electron chi connectivity index (χ1n) is 9.19. The van der Waals surface area contributed by atoms with Crippen LogP contribution in [0.1, 0.15) is 80.6 Å². The lowest BCUT2D eigenvalue weighted by Gasteiger charge is -2.60. The van der Waals surface area contributed by atoms with Gasteiger partial charge in [0.25, 0.3) is 0 Å². The van der Waals surface area contributed by atoms with Crippen molar-refractivity contribution in [3.63, 3.8) is 0 Å². The van der Waals surface area contributed by atoms with Crippen LogP contribution in [0, 0.1) is 5.92 Å². The third kappa shape index (κ3) is 3.58. The van der Waals surface area contributed by atoms with Crippen molar-refractivity contribution in [3.8, 4) is 0 Å². The van der Waals surface area contributed by atoms with Crippen LogP contribution in [0.2, 0.25) is 0 Å². The molecule has 0 aliphatic carbocycles. The normalized spacial score (nSPS) is 32.0. The van der Waals surface area contributed by atoms with Crippen molar-refractivity contribution in [3.05, 3.63) is 0 Å². The number of piperidine rings is 1. The Hall–Kier alpha value is -0.610. The summed E-state index contributed by atoms with van der Waals surface area (Å²) in [5, 5.41) is 0. The van der Waals surface area contributed by atoms with Crippen molar-refractivity contribution in [1.29, 1.82) is 0 Å². The second-order valence-corrected chi connectivity index (χ2v) is 8.67. The molecule has 0 aromatic rings. The van der Waals surface area contributed by atoms with Crippen LogP contribution in [0.15, 0.2) is 0 Å².